The first kappa shape index (κ1) is 13.9. The normalized spacial score (nSPS) is 13.3. The molecule has 0 rings (SSSR count). The van der Waals surface area contributed by atoms with Crippen LogP contribution in [0.15, 0.2) is 0 Å². The van der Waals surface area contributed by atoms with Crippen LogP contribution in [-0.2, 0) is 14.3 Å². The zero-order chi connectivity index (χ0) is 12.1. The summed E-state index contributed by atoms with van der Waals surface area (Å²) in [5.74, 6) is -1.05. The topological polar surface area (TPSA) is 75.6 Å². The van der Waals surface area contributed by atoms with Crippen molar-refractivity contribution in [1.82, 2.24) is 5.32 Å². The van der Waals surface area contributed by atoms with Crippen LogP contribution in [0.5, 0.6) is 0 Å². The minimum Gasteiger partial charge on any atom is -0.481 e. The van der Waals surface area contributed by atoms with Crippen molar-refractivity contribution in [3.63, 3.8) is 0 Å². The second kappa shape index (κ2) is 5.70. The highest BCUT2D eigenvalue weighted by Gasteiger charge is 2.22. The Kier molecular flexibility index (Phi) is 5.28. The summed E-state index contributed by atoms with van der Waals surface area (Å²) in [6, 6.07) is 0. The number of carboxylic acid groups (broad SMARTS) is 1. The SMILES string of the molecule is COC(CNC(=O)C(C)(C)C)CC(=O)O. The maximum atomic E-state index is 11.5. The molecular formula is C10H19NO4. The van der Waals surface area contributed by atoms with E-state index in [4.69, 9.17) is 9.84 Å². The molecule has 1 atom stereocenters. The number of hydrogen-bond acceptors (Lipinski definition) is 3. The van der Waals surface area contributed by atoms with Crippen LogP contribution in [0.3, 0.4) is 0 Å². The molecule has 0 fully saturated rings. The van der Waals surface area contributed by atoms with E-state index in [1.165, 1.54) is 7.11 Å². The molecular weight excluding hydrogens is 198 g/mol. The predicted octanol–water partition coefficient (Wildman–Crippen LogP) is 0.638. The van der Waals surface area contributed by atoms with Crippen LogP contribution in [0.4, 0.5) is 0 Å². The van der Waals surface area contributed by atoms with Crippen LogP contribution in [0.2, 0.25) is 0 Å². The molecule has 0 aromatic heterocycles. The average Bonchev–Trinajstić information content (AvgIpc) is 2.09. The zero-order valence-electron chi connectivity index (χ0n) is 9.66. The second-order valence-electron chi connectivity index (χ2n) is 4.42. The van der Waals surface area contributed by atoms with Gasteiger partial charge in [0.05, 0.1) is 12.5 Å². The van der Waals surface area contributed by atoms with Crippen LogP contribution in [0.1, 0.15) is 27.2 Å². The van der Waals surface area contributed by atoms with Gasteiger partial charge in [0.25, 0.3) is 0 Å². The van der Waals surface area contributed by atoms with Crippen molar-refractivity contribution in [1.29, 1.82) is 0 Å². The number of hydrogen-bond donors (Lipinski definition) is 2. The largest absolute Gasteiger partial charge is 0.481 e. The number of rotatable bonds is 5. The smallest absolute Gasteiger partial charge is 0.306 e. The fourth-order valence-electron chi connectivity index (χ4n) is 0.905. The first-order chi connectivity index (χ1) is 6.77. The number of ether oxygens (including phenoxy) is 1. The maximum absolute atomic E-state index is 11.5. The standard InChI is InChI=1S/C10H19NO4/c1-10(2,3)9(14)11-6-7(15-4)5-8(12)13/h7H,5-6H2,1-4H3,(H,11,14)(H,12,13). The molecule has 0 saturated carbocycles. The number of methoxy groups -OCH3 is 1. The Labute approximate surface area is 89.8 Å². The highest BCUT2D eigenvalue weighted by atomic mass is 16.5. The quantitative estimate of drug-likeness (QED) is 0.708. The van der Waals surface area contributed by atoms with E-state index in [2.05, 4.69) is 5.32 Å². The van der Waals surface area contributed by atoms with Gasteiger partial charge in [-0.25, -0.2) is 0 Å². The Balaban J connectivity index is 4.01. The van der Waals surface area contributed by atoms with Gasteiger partial charge in [-0.2, -0.15) is 0 Å². The lowest BCUT2D eigenvalue weighted by molar-refractivity contribution is -0.140. The van der Waals surface area contributed by atoms with Gasteiger partial charge in [0, 0.05) is 19.1 Å². The molecule has 88 valence electrons. The highest BCUT2D eigenvalue weighted by molar-refractivity contribution is 5.81. The molecule has 5 nitrogen and oxygen atoms in total. The number of carbonyl (C=O) groups excluding carboxylic acids is 1. The molecule has 0 radical (unpaired) electrons. The molecule has 0 heterocycles. The van der Waals surface area contributed by atoms with E-state index in [0.717, 1.165) is 0 Å². The van der Waals surface area contributed by atoms with Gasteiger partial charge in [0.2, 0.25) is 5.91 Å². The summed E-state index contributed by atoms with van der Waals surface area (Å²) < 4.78 is 4.93. The molecule has 0 aliphatic carbocycles. The molecule has 0 saturated heterocycles. The average molecular weight is 217 g/mol. The van der Waals surface area contributed by atoms with Crippen LogP contribution in [0.25, 0.3) is 0 Å². The van der Waals surface area contributed by atoms with E-state index in [-0.39, 0.29) is 18.9 Å². The van der Waals surface area contributed by atoms with E-state index in [1.54, 1.807) is 20.8 Å². The summed E-state index contributed by atoms with van der Waals surface area (Å²) in [4.78, 5) is 21.9. The van der Waals surface area contributed by atoms with Crippen molar-refractivity contribution in [2.75, 3.05) is 13.7 Å². The van der Waals surface area contributed by atoms with Crippen molar-refractivity contribution >= 4 is 11.9 Å². The summed E-state index contributed by atoms with van der Waals surface area (Å²) in [5, 5.41) is 11.2. The molecule has 5 heteroatoms. The Bertz CT molecular complexity index is 232. The fourth-order valence-corrected chi connectivity index (χ4v) is 0.905. The minimum atomic E-state index is -0.938. The first-order valence-electron chi connectivity index (χ1n) is 4.80. The van der Waals surface area contributed by atoms with E-state index in [9.17, 15) is 9.59 Å². The number of nitrogens with one attached hydrogen (secondary N) is 1. The van der Waals surface area contributed by atoms with Crippen molar-refractivity contribution in [2.45, 2.75) is 33.3 Å². The van der Waals surface area contributed by atoms with Gasteiger partial charge >= 0.3 is 5.97 Å². The maximum Gasteiger partial charge on any atom is 0.306 e. The van der Waals surface area contributed by atoms with Crippen molar-refractivity contribution in [3.8, 4) is 0 Å². The Morgan fingerprint density at radius 1 is 1.40 bits per heavy atom. The minimum absolute atomic E-state index is 0.110. The molecule has 1 unspecified atom stereocenters. The number of aliphatic carboxylic acids is 1. The van der Waals surface area contributed by atoms with Gasteiger partial charge in [-0.1, -0.05) is 20.8 Å². The van der Waals surface area contributed by atoms with Gasteiger partial charge in [-0.15, -0.1) is 0 Å². The lowest BCUT2D eigenvalue weighted by Gasteiger charge is -2.20. The van der Waals surface area contributed by atoms with Crippen LogP contribution in [0, 0.1) is 5.41 Å². The van der Waals surface area contributed by atoms with Crippen LogP contribution >= 0.6 is 0 Å². The van der Waals surface area contributed by atoms with Gasteiger partial charge in [-0.05, 0) is 0 Å². The highest BCUT2D eigenvalue weighted by Crippen LogP contribution is 2.12. The lowest BCUT2D eigenvalue weighted by atomic mass is 9.95. The van der Waals surface area contributed by atoms with Crippen LogP contribution in [-0.4, -0.2) is 36.7 Å². The summed E-state index contributed by atoms with van der Waals surface area (Å²) in [6.45, 7) is 5.60. The van der Waals surface area contributed by atoms with E-state index in [0.29, 0.717) is 0 Å². The third-order valence-corrected chi connectivity index (χ3v) is 1.91. The zero-order valence-corrected chi connectivity index (χ0v) is 9.66. The Morgan fingerprint density at radius 3 is 2.27 bits per heavy atom. The van der Waals surface area contributed by atoms with Gasteiger partial charge in [0.15, 0.2) is 0 Å². The van der Waals surface area contributed by atoms with Crippen molar-refractivity contribution < 1.29 is 19.4 Å². The summed E-state index contributed by atoms with van der Waals surface area (Å²) in [6.07, 6.45) is -0.588. The molecule has 15 heavy (non-hydrogen) atoms. The summed E-state index contributed by atoms with van der Waals surface area (Å²) in [7, 11) is 1.43. The van der Waals surface area contributed by atoms with Gasteiger partial charge in [-0.3, -0.25) is 9.59 Å². The third kappa shape index (κ3) is 6.06. The molecule has 0 aromatic carbocycles. The molecule has 1 amide bonds. The Hall–Kier alpha value is -1.10. The summed E-state index contributed by atoms with van der Waals surface area (Å²) in [5.41, 5.74) is -0.471. The Morgan fingerprint density at radius 2 is 1.93 bits per heavy atom. The van der Waals surface area contributed by atoms with Crippen LogP contribution < -0.4 is 5.32 Å². The number of carbonyl (C=O) groups is 2. The molecule has 2 N–H and O–H groups in total. The number of amides is 1. The second-order valence-corrected chi connectivity index (χ2v) is 4.42. The van der Waals surface area contributed by atoms with Crippen molar-refractivity contribution in [2.24, 2.45) is 5.41 Å². The molecule has 0 aromatic rings. The van der Waals surface area contributed by atoms with E-state index < -0.39 is 17.5 Å². The molecule has 0 bridgehead atoms. The molecule has 0 aliphatic heterocycles. The van der Waals surface area contributed by atoms with E-state index >= 15 is 0 Å². The van der Waals surface area contributed by atoms with Gasteiger partial charge < -0.3 is 15.2 Å². The van der Waals surface area contributed by atoms with Gasteiger partial charge in [0.1, 0.15) is 0 Å². The molecule has 0 spiro atoms. The predicted molar refractivity (Wildman–Crippen MR) is 55.5 cm³/mol. The summed E-state index contributed by atoms with van der Waals surface area (Å²) >= 11 is 0. The van der Waals surface area contributed by atoms with Crippen molar-refractivity contribution in [3.05, 3.63) is 0 Å². The van der Waals surface area contributed by atoms with E-state index in [1.807, 2.05) is 0 Å². The lowest BCUT2D eigenvalue weighted by Crippen LogP contribution is -2.40. The third-order valence-electron chi connectivity index (χ3n) is 1.91. The molecule has 0 aliphatic rings. The number of carboxylic acids is 1. The monoisotopic (exact) mass is 217 g/mol. The first-order valence-corrected chi connectivity index (χ1v) is 4.80. The fraction of sp³-hybridized carbons (Fsp3) is 0.800.